The zero-order valence-corrected chi connectivity index (χ0v) is 17.7. The lowest BCUT2D eigenvalue weighted by atomic mass is 9.73. The van der Waals surface area contributed by atoms with Gasteiger partial charge in [-0.1, -0.05) is 6.07 Å². The highest BCUT2D eigenvalue weighted by atomic mass is 16.5. The van der Waals surface area contributed by atoms with Crippen molar-refractivity contribution < 1.29 is 9.53 Å². The molecule has 0 radical (unpaired) electrons. The molecule has 3 fully saturated rings. The Balaban J connectivity index is 1.22. The Morgan fingerprint density at radius 1 is 1.37 bits per heavy atom. The van der Waals surface area contributed by atoms with Crippen molar-refractivity contribution in [1.82, 2.24) is 20.5 Å². The van der Waals surface area contributed by atoms with Crippen molar-refractivity contribution in [2.75, 3.05) is 24.5 Å². The minimum atomic E-state index is -0.0914. The zero-order valence-electron chi connectivity index (χ0n) is 17.7. The Morgan fingerprint density at radius 3 is 3.10 bits per heavy atom. The van der Waals surface area contributed by atoms with Gasteiger partial charge >= 0.3 is 0 Å². The summed E-state index contributed by atoms with van der Waals surface area (Å²) in [6.07, 6.45) is 7.17. The van der Waals surface area contributed by atoms with E-state index in [1.807, 2.05) is 24.4 Å². The first kappa shape index (κ1) is 19.4. The van der Waals surface area contributed by atoms with Gasteiger partial charge < -0.3 is 15.0 Å². The van der Waals surface area contributed by atoms with Gasteiger partial charge in [0, 0.05) is 49.8 Å². The van der Waals surface area contributed by atoms with Gasteiger partial charge in [-0.05, 0) is 56.4 Å². The normalized spacial score (nSPS) is 29.3. The number of carbonyl (C=O) groups is 1. The standard InChI is InChI=1S/C23H29N5O2/c1-15-11-26-27-22(16(15)2)28-13-19-18(20-8-9-23(19,14-28)30-20)12-25-21(29)7-6-17-5-3-4-10-24-17/h3-5,10-11,18-20H,6-9,12-14H2,1-2H3,(H,25,29)/t18-,19+,20+,23+/m0/s1. The molecule has 1 N–H and O–H groups in total. The first-order chi connectivity index (χ1) is 14.6. The molecule has 0 saturated carbocycles. The lowest BCUT2D eigenvalue weighted by Crippen LogP contribution is -2.41. The van der Waals surface area contributed by atoms with Crippen LogP contribution >= 0.6 is 0 Å². The molecule has 0 aromatic carbocycles. The van der Waals surface area contributed by atoms with Gasteiger partial charge in [-0.2, -0.15) is 5.10 Å². The van der Waals surface area contributed by atoms with E-state index in [-0.39, 0.29) is 17.6 Å². The quantitative estimate of drug-likeness (QED) is 0.791. The van der Waals surface area contributed by atoms with Crippen molar-refractivity contribution >= 4 is 11.7 Å². The summed E-state index contributed by atoms with van der Waals surface area (Å²) in [4.78, 5) is 19.1. The maximum Gasteiger partial charge on any atom is 0.220 e. The number of pyridine rings is 1. The molecule has 2 aromatic heterocycles. The van der Waals surface area contributed by atoms with Crippen LogP contribution in [-0.4, -0.2) is 52.4 Å². The Labute approximate surface area is 177 Å². The Kier molecular flexibility index (Phi) is 4.93. The molecule has 3 saturated heterocycles. The number of hydrogen-bond acceptors (Lipinski definition) is 6. The Morgan fingerprint density at radius 2 is 2.27 bits per heavy atom. The van der Waals surface area contributed by atoms with Gasteiger partial charge in [-0.25, -0.2) is 0 Å². The van der Waals surface area contributed by atoms with Crippen LogP contribution in [0.2, 0.25) is 0 Å². The van der Waals surface area contributed by atoms with Crippen molar-refractivity contribution in [1.29, 1.82) is 0 Å². The number of ether oxygens (including phenoxy) is 1. The van der Waals surface area contributed by atoms with Crippen molar-refractivity contribution in [3.05, 3.63) is 47.4 Å². The second kappa shape index (κ2) is 7.61. The third-order valence-corrected chi connectivity index (χ3v) is 7.28. The fourth-order valence-corrected chi connectivity index (χ4v) is 5.55. The lowest BCUT2D eigenvalue weighted by Gasteiger charge is -2.29. The van der Waals surface area contributed by atoms with Crippen LogP contribution in [-0.2, 0) is 16.0 Å². The van der Waals surface area contributed by atoms with Gasteiger partial charge in [0.15, 0.2) is 5.82 Å². The molecule has 7 heteroatoms. The van der Waals surface area contributed by atoms with E-state index < -0.39 is 0 Å². The zero-order chi connectivity index (χ0) is 20.7. The SMILES string of the molecule is Cc1cnnc(N2C[C@@H]3[C@H](CNC(=O)CCc4ccccn4)[C@H]4CC[C@]3(C2)O4)c1C. The van der Waals surface area contributed by atoms with E-state index >= 15 is 0 Å². The molecule has 5 rings (SSSR count). The predicted molar refractivity (Wildman–Crippen MR) is 113 cm³/mol. The van der Waals surface area contributed by atoms with E-state index in [2.05, 4.69) is 39.2 Å². The summed E-state index contributed by atoms with van der Waals surface area (Å²) in [5, 5.41) is 11.8. The van der Waals surface area contributed by atoms with E-state index in [9.17, 15) is 4.79 Å². The summed E-state index contributed by atoms with van der Waals surface area (Å²) in [5.74, 6) is 1.85. The van der Waals surface area contributed by atoms with Crippen LogP contribution in [0.15, 0.2) is 30.6 Å². The fraction of sp³-hybridized carbons (Fsp3) is 0.565. The van der Waals surface area contributed by atoms with Crippen LogP contribution in [0.1, 0.15) is 36.1 Å². The second-order valence-corrected chi connectivity index (χ2v) is 9.01. The number of carbonyl (C=O) groups excluding carboxylic acids is 1. The maximum atomic E-state index is 12.4. The summed E-state index contributed by atoms with van der Waals surface area (Å²) < 4.78 is 6.53. The van der Waals surface area contributed by atoms with E-state index in [4.69, 9.17) is 4.74 Å². The molecule has 0 aliphatic carbocycles. The second-order valence-electron chi connectivity index (χ2n) is 9.01. The molecule has 2 bridgehead atoms. The highest BCUT2D eigenvalue weighted by Gasteiger charge is 2.63. The molecule has 5 heterocycles. The molecule has 3 aliphatic heterocycles. The molecular formula is C23H29N5O2. The van der Waals surface area contributed by atoms with Crippen LogP contribution in [0.3, 0.4) is 0 Å². The van der Waals surface area contributed by atoms with Gasteiger partial charge in [-0.3, -0.25) is 9.78 Å². The summed E-state index contributed by atoms with van der Waals surface area (Å²) in [6.45, 7) is 6.67. The number of nitrogens with one attached hydrogen (secondary N) is 1. The van der Waals surface area contributed by atoms with E-state index in [1.165, 1.54) is 5.56 Å². The number of aryl methyl sites for hydroxylation is 2. The fourth-order valence-electron chi connectivity index (χ4n) is 5.55. The van der Waals surface area contributed by atoms with Crippen molar-refractivity contribution in [2.24, 2.45) is 11.8 Å². The molecule has 158 valence electrons. The van der Waals surface area contributed by atoms with Crippen LogP contribution in [0.25, 0.3) is 0 Å². The van der Waals surface area contributed by atoms with Crippen molar-refractivity contribution in [2.45, 2.75) is 51.2 Å². The number of anilines is 1. The number of rotatable bonds is 6. The smallest absolute Gasteiger partial charge is 0.220 e. The Bertz CT molecular complexity index is 936. The minimum Gasteiger partial charge on any atom is -0.369 e. The van der Waals surface area contributed by atoms with Crippen LogP contribution in [0.4, 0.5) is 5.82 Å². The largest absolute Gasteiger partial charge is 0.369 e. The first-order valence-electron chi connectivity index (χ1n) is 10.9. The number of hydrogen-bond donors (Lipinski definition) is 1. The van der Waals surface area contributed by atoms with Gasteiger partial charge in [0.1, 0.15) is 0 Å². The summed E-state index contributed by atoms with van der Waals surface area (Å²) in [6, 6.07) is 5.81. The summed E-state index contributed by atoms with van der Waals surface area (Å²) >= 11 is 0. The third kappa shape index (κ3) is 3.35. The Hall–Kier alpha value is -2.54. The molecule has 1 spiro atoms. The molecular weight excluding hydrogens is 378 g/mol. The van der Waals surface area contributed by atoms with Gasteiger partial charge in [0.25, 0.3) is 0 Å². The molecule has 7 nitrogen and oxygen atoms in total. The number of nitrogens with zero attached hydrogens (tertiary/aromatic N) is 4. The van der Waals surface area contributed by atoms with Crippen LogP contribution in [0, 0.1) is 25.7 Å². The number of fused-ring (bicyclic) bond motifs is 1. The van der Waals surface area contributed by atoms with Gasteiger partial charge in [0.05, 0.1) is 17.9 Å². The van der Waals surface area contributed by atoms with E-state index in [1.54, 1.807) is 6.20 Å². The summed E-state index contributed by atoms with van der Waals surface area (Å²) in [7, 11) is 0. The minimum absolute atomic E-state index is 0.0905. The summed E-state index contributed by atoms with van der Waals surface area (Å²) in [5.41, 5.74) is 3.22. The van der Waals surface area contributed by atoms with Crippen LogP contribution < -0.4 is 10.2 Å². The highest BCUT2D eigenvalue weighted by molar-refractivity contribution is 5.76. The number of aromatic nitrogens is 3. The monoisotopic (exact) mass is 407 g/mol. The molecule has 1 amide bonds. The molecule has 30 heavy (non-hydrogen) atoms. The molecule has 3 aliphatic rings. The van der Waals surface area contributed by atoms with E-state index in [0.29, 0.717) is 31.2 Å². The van der Waals surface area contributed by atoms with Gasteiger partial charge in [0.2, 0.25) is 5.91 Å². The molecule has 4 atom stereocenters. The molecule has 0 unspecified atom stereocenters. The van der Waals surface area contributed by atoms with Gasteiger partial charge in [-0.15, -0.1) is 5.10 Å². The van der Waals surface area contributed by atoms with Crippen molar-refractivity contribution in [3.63, 3.8) is 0 Å². The molecule has 2 aromatic rings. The number of amides is 1. The lowest BCUT2D eigenvalue weighted by molar-refractivity contribution is -0.121. The third-order valence-electron chi connectivity index (χ3n) is 7.28. The van der Waals surface area contributed by atoms with E-state index in [0.717, 1.165) is 43.0 Å². The topological polar surface area (TPSA) is 80.2 Å². The highest BCUT2D eigenvalue weighted by Crippen LogP contribution is 2.55. The average Bonchev–Trinajstić information content (AvgIpc) is 3.42. The maximum absolute atomic E-state index is 12.4. The van der Waals surface area contributed by atoms with Crippen LogP contribution in [0.5, 0.6) is 0 Å². The van der Waals surface area contributed by atoms with Crippen molar-refractivity contribution in [3.8, 4) is 0 Å². The first-order valence-corrected chi connectivity index (χ1v) is 10.9. The predicted octanol–water partition coefficient (Wildman–Crippen LogP) is 2.22. The average molecular weight is 408 g/mol.